The summed E-state index contributed by atoms with van der Waals surface area (Å²) >= 11 is -0.335. The van der Waals surface area contributed by atoms with E-state index in [-0.39, 0.29) is 45.6 Å². The van der Waals surface area contributed by atoms with Gasteiger partial charge in [0.05, 0.1) is 22.9 Å². The van der Waals surface area contributed by atoms with E-state index in [0.29, 0.717) is 24.2 Å². The van der Waals surface area contributed by atoms with Crippen molar-refractivity contribution in [1.29, 1.82) is 0 Å². The van der Waals surface area contributed by atoms with Crippen molar-refractivity contribution in [2.45, 2.75) is 57.1 Å². The topological polar surface area (TPSA) is 43.3 Å². The first-order valence-electron chi connectivity index (χ1n) is 10.8. The molecule has 0 radical (unpaired) electrons. The fourth-order valence-electron chi connectivity index (χ4n) is 4.18. The minimum absolute atomic E-state index is 0.156. The van der Waals surface area contributed by atoms with Gasteiger partial charge in [-0.2, -0.15) is 0 Å². The summed E-state index contributed by atoms with van der Waals surface area (Å²) in [7, 11) is 0. The number of fused-ring (bicyclic) bond motifs is 1. The van der Waals surface area contributed by atoms with Crippen molar-refractivity contribution in [1.82, 2.24) is 4.57 Å². The molecule has 1 N–H and O–H groups in total. The van der Waals surface area contributed by atoms with Gasteiger partial charge in [-0.25, -0.2) is 8.78 Å². The number of benzene rings is 1. The highest BCUT2D eigenvalue weighted by Crippen LogP contribution is 2.36. The van der Waals surface area contributed by atoms with Gasteiger partial charge in [0.25, 0.3) is 5.91 Å². The Balaban J connectivity index is 1.34. The number of hydrogen-bond acceptors (Lipinski definition) is 2. The maximum atomic E-state index is 13.5. The summed E-state index contributed by atoms with van der Waals surface area (Å²) in [4.78, 5) is 13.1. The maximum absolute atomic E-state index is 13.5. The number of carbonyl (C=O) groups excluding carboxylic acids is 1. The smallest absolute Gasteiger partial charge is 0.259 e. The first kappa shape index (κ1) is 20.8. The van der Waals surface area contributed by atoms with Gasteiger partial charge in [0.2, 0.25) is 5.92 Å². The maximum Gasteiger partial charge on any atom is 0.259 e. The van der Waals surface area contributed by atoms with E-state index in [9.17, 15) is 13.6 Å². The molecule has 1 aliphatic heterocycles. The molecule has 1 aromatic heterocycles. The molecule has 5 rings (SSSR count). The molecule has 164 valence electrons. The molecule has 2 saturated carbocycles. The Hall–Kier alpha value is -2.03. The second-order valence-electron chi connectivity index (χ2n) is 8.58. The first-order chi connectivity index (χ1) is 15.0. The van der Waals surface area contributed by atoms with E-state index in [1.807, 2.05) is 26.3 Å². The monoisotopic (exact) mass is 538 g/mol. The Kier molecular flexibility index (Phi) is 5.71. The number of rotatable bonds is 6. The number of carbonyl (C=O) groups is 1. The molecule has 0 atom stereocenters. The number of nitrogens with one attached hydrogen (secondary N) is 1. The molecule has 3 aliphatic rings. The summed E-state index contributed by atoms with van der Waals surface area (Å²) in [6.07, 6.45) is 6.54. The minimum Gasteiger partial charge on any atom is -0.489 e. The van der Waals surface area contributed by atoms with Gasteiger partial charge in [0.1, 0.15) is 5.76 Å². The van der Waals surface area contributed by atoms with Crippen LogP contribution in [-0.2, 0) is 16.1 Å². The Bertz CT molecular complexity index is 1090. The van der Waals surface area contributed by atoms with Gasteiger partial charge in [0, 0.05) is 35.0 Å². The van der Waals surface area contributed by atoms with E-state index in [1.54, 1.807) is 0 Å². The average Bonchev–Trinajstić information content (AvgIpc) is 3.48. The molecule has 1 amide bonds. The fraction of sp³-hybridized carbons (Fsp3) is 0.417. The Morgan fingerprint density at radius 1 is 1.19 bits per heavy atom. The third-order valence-corrected chi connectivity index (χ3v) is 7.85. The summed E-state index contributed by atoms with van der Waals surface area (Å²) in [5.74, 6) is -1.51. The lowest BCUT2D eigenvalue weighted by Crippen LogP contribution is -2.29. The van der Waals surface area contributed by atoms with Crippen LogP contribution in [0.5, 0.6) is 0 Å². The third kappa shape index (κ3) is 4.76. The number of hydrogen-bond donors (Lipinski definition) is 1. The summed E-state index contributed by atoms with van der Waals surface area (Å²) in [5.41, 5.74) is 2.36. The van der Waals surface area contributed by atoms with Crippen molar-refractivity contribution < 1.29 is 18.3 Å². The van der Waals surface area contributed by atoms with E-state index in [0.717, 1.165) is 29.1 Å². The predicted molar refractivity (Wildman–Crippen MR) is 128 cm³/mol. The van der Waals surface area contributed by atoms with Crippen LogP contribution in [-0.4, -0.2) is 26.5 Å². The molecule has 0 spiro atoms. The number of amides is 1. The Labute approximate surface area is 190 Å². The van der Waals surface area contributed by atoms with Crippen LogP contribution in [0.3, 0.4) is 0 Å². The van der Waals surface area contributed by atoms with Crippen LogP contribution in [0.4, 0.5) is 14.5 Å². The fourth-order valence-corrected chi connectivity index (χ4v) is 5.77. The van der Waals surface area contributed by atoms with Crippen LogP contribution in [0, 0.1) is 5.92 Å². The van der Waals surface area contributed by atoms with E-state index >= 15 is 0 Å². The van der Waals surface area contributed by atoms with Crippen LogP contribution in [0.1, 0.15) is 38.5 Å². The lowest BCUT2D eigenvalue weighted by atomic mass is 9.94. The zero-order valence-electron chi connectivity index (χ0n) is 17.1. The molecule has 0 saturated heterocycles. The molecule has 4 nitrogen and oxygen atoms in total. The third-order valence-electron chi connectivity index (χ3n) is 6.15. The van der Waals surface area contributed by atoms with E-state index in [4.69, 9.17) is 4.74 Å². The predicted octanol–water partition coefficient (Wildman–Crippen LogP) is 6.14. The van der Waals surface area contributed by atoms with Gasteiger partial charge >= 0.3 is 0 Å². The van der Waals surface area contributed by atoms with Gasteiger partial charge in [-0.15, -0.1) is 0 Å². The van der Waals surface area contributed by atoms with E-state index < -0.39 is 5.92 Å². The van der Waals surface area contributed by atoms with Crippen molar-refractivity contribution >= 4 is 47.2 Å². The normalized spacial score (nSPS) is 21.2. The van der Waals surface area contributed by atoms with Crippen LogP contribution in [0.15, 0.2) is 52.0 Å². The lowest BCUT2D eigenvalue weighted by molar-refractivity contribution is -0.112. The van der Waals surface area contributed by atoms with Crippen LogP contribution < -0.4 is 5.32 Å². The summed E-state index contributed by atoms with van der Waals surface area (Å²) < 4.78 is 39.2. The zero-order chi connectivity index (χ0) is 21.4. The van der Waals surface area contributed by atoms with Crippen molar-refractivity contribution in [2.24, 2.45) is 5.92 Å². The molecular weight excluding hydrogens is 513 g/mol. The quantitative estimate of drug-likeness (QED) is 0.450. The SMILES string of the molecule is O=C(Nc1cccc2c1ccn2CC1CC1)C1=C(OC2CCC(F)(F)CC2)C=IC=C1. The van der Waals surface area contributed by atoms with Gasteiger partial charge in [-0.1, -0.05) is 26.8 Å². The molecule has 2 aromatic rings. The van der Waals surface area contributed by atoms with Gasteiger partial charge in [-0.3, -0.25) is 4.79 Å². The lowest BCUT2D eigenvalue weighted by Gasteiger charge is -2.29. The van der Waals surface area contributed by atoms with Crippen molar-refractivity contribution in [2.75, 3.05) is 5.32 Å². The van der Waals surface area contributed by atoms with Crippen molar-refractivity contribution in [3.8, 4) is 0 Å². The highest BCUT2D eigenvalue weighted by Gasteiger charge is 2.36. The second-order valence-corrected chi connectivity index (χ2v) is 10.6. The highest BCUT2D eigenvalue weighted by atomic mass is 127. The molecule has 0 unspecified atom stereocenters. The second kappa shape index (κ2) is 8.48. The van der Waals surface area contributed by atoms with Crippen LogP contribution in [0.2, 0.25) is 0 Å². The largest absolute Gasteiger partial charge is 0.489 e. The van der Waals surface area contributed by atoms with Crippen LogP contribution in [0.25, 0.3) is 10.9 Å². The molecule has 2 aliphatic carbocycles. The average molecular weight is 538 g/mol. The number of halogens is 3. The molecule has 7 heteroatoms. The minimum atomic E-state index is -2.59. The zero-order valence-corrected chi connectivity index (χ0v) is 19.3. The number of alkyl halides is 2. The standard InChI is InChI=1S/C24H25F2IN2O2/c25-24(26)10-6-17(7-11-24)31-22-14-27-12-8-19(22)23(30)28-20-2-1-3-21-18(20)9-13-29(21)15-16-4-5-16/h1-3,8-9,12-14,16-17H,4-7,10-11,15H2,(H,28,30). The first-order valence-corrected chi connectivity index (χ1v) is 13.3. The molecule has 1 aromatic carbocycles. The summed E-state index contributed by atoms with van der Waals surface area (Å²) in [6, 6.07) is 8.01. The molecule has 0 bridgehead atoms. The molecule has 2 heterocycles. The van der Waals surface area contributed by atoms with Crippen molar-refractivity contribution in [3.63, 3.8) is 0 Å². The van der Waals surface area contributed by atoms with E-state index in [1.165, 1.54) is 12.8 Å². The Morgan fingerprint density at radius 3 is 2.77 bits per heavy atom. The molecular formula is C24H25F2IN2O2. The summed E-state index contributed by atoms with van der Waals surface area (Å²) in [6.45, 7) is 1.02. The van der Waals surface area contributed by atoms with E-state index in [2.05, 4.69) is 28.2 Å². The number of ether oxygens (including phenoxy) is 1. The number of anilines is 1. The highest BCUT2D eigenvalue weighted by molar-refractivity contribution is 14.2. The van der Waals surface area contributed by atoms with Crippen molar-refractivity contribution in [3.05, 3.63) is 52.0 Å². The van der Waals surface area contributed by atoms with Crippen LogP contribution >= 0.6 is 20.7 Å². The van der Waals surface area contributed by atoms with Gasteiger partial charge in [-0.05, 0) is 60.0 Å². The summed E-state index contributed by atoms with van der Waals surface area (Å²) in [5, 5.41) is 4.07. The van der Waals surface area contributed by atoms with Gasteiger partial charge < -0.3 is 14.6 Å². The molecule has 2 fully saturated rings. The molecule has 31 heavy (non-hydrogen) atoms. The number of nitrogens with zero attached hydrogens (tertiary/aromatic N) is 1. The van der Waals surface area contributed by atoms with Gasteiger partial charge in [0.15, 0.2) is 0 Å². The number of aromatic nitrogens is 1. The number of allylic oxidation sites excluding steroid dienone is 1. The Morgan fingerprint density at radius 2 is 2.00 bits per heavy atom.